The van der Waals surface area contributed by atoms with Gasteiger partial charge in [-0.15, -0.1) is 0 Å². The number of benzene rings is 1. The van der Waals surface area contributed by atoms with Crippen molar-refractivity contribution in [2.24, 2.45) is 0 Å². The van der Waals surface area contributed by atoms with Crippen LogP contribution in [0.25, 0.3) is 0 Å². The highest BCUT2D eigenvalue weighted by Gasteiger charge is 2.18. The third kappa shape index (κ3) is 2.40. The Labute approximate surface area is 104 Å². The summed E-state index contributed by atoms with van der Waals surface area (Å²) < 4.78 is 39.4. The van der Waals surface area contributed by atoms with Crippen LogP contribution in [0.4, 0.5) is 15.8 Å². The number of hydrogen-bond acceptors (Lipinski definition) is 4. The van der Waals surface area contributed by atoms with Crippen molar-refractivity contribution < 1.29 is 12.8 Å². The first-order valence-corrected chi connectivity index (χ1v) is 6.46. The maximum Gasteiger partial charge on any atom is 0.265 e. The molecule has 0 radical (unpaired) electrons. The zero-order chi connectivity index (χ0) is 13.2. The van der Waals surface area contributed by atoms with Crippen molar-refractivity contribution in [2.45, 2.75) is 4.90 Å². The fourth-order valence-corrected chi connectivity index (χ4v) is 2.50. The number of pyridine rings is 1. The number of anilines is 2. The lowest BCUT2D eigenvalue weighted by Crippen LogP contribution is -2.15. The molecule has 18 heavy (non-hydrogen) atoms. The van der Waals surface area contributed by atoms with E-state index < -0.39 is 15.8 Å². The van der Waals surface area contributed by atoms with Crippen LogP contribution in [0.2, 0.25) is 0 Å². The van der Waals surface area contributed by atoms with Crippen LogP contribution in [-0.4, -0.2) is 13.4 Å². The molecule has 0 saturated carbocycles. The molecule has 0 unspecified atom stereocenters. The van der Waals surface area contributed by atoms with E-state index in [0.717, 1.165) is 12.3 Å². The molecule has 0 bridgehead atoms. The molecule has 1 aromatic heterocycles. The van der Waals surface area contributed by atoms with Crippen LogP contribution in [-0.2, 0) is 10.0 Å². The van der Waals surface area contributed by atoms with Gasteiger partial charge in [-0.1, -0.05) is 12.1 Å². The molecular formula is C11H10FN3O2S. The number of nitrogens with one attached hydrogen (secondary N) is 1. The number of rotatable bonds is 3. The van der Waals surface area contributed by atoms with Gasteiger partial charge in [-0.2, -0.15) is 0 Å². The Hall–Kier alpha value is -2.15. The van der Waals surface area contributed by atoms with Crippen LogP contribution in [0.15, 0.2) is 47.6 Å². The fourth-order valence-electron chi connectivity index (χ4n) is 1.36. The first kappa shape index (κ1) is 12.3. The fraction of sp³-hybridized carbons (Fsp3) is 0. The van der Waals surface area contributed by atoms with E-state index in [9.17, 15) is 12.8 Å². The molecule has 0 atom stereocenters. The zero-order valence-electron chi connectivity index (χ0n) is 9.17. The van der Waals surface area contributed by atoms with Gasteiger partial charge in [0, 0.05) is 12.4 Å². The normalized spacial score (nSPS) is 11.2. The van der Waals surface area contributed by atoms with Gasteiger partial charge < -0.3 is 5.73 Å². The van der Waals surface area contributed by atoms with Gasteiger partial charge in [0.1, 0.15) is 10.7 Å². The molecule has 2 rings (SSSR count). The average molecular weight is 267 g/mol. The van der Waals surface area contributed by atoms with Crippen LogP contribution in [0.3, 0.4) is 0 Å². The molecule has 1 aromatic carbocycles. The summed E-state index contributed by atoms with van der Waals surface area (Å²) in [7, 11) is -3.94. The largest absolute Gasteiger partial charge is 0.398 e. The van der Waals surface area contributed by atoms with E-state index >= 15 is 0 Å². The summed E-state index contributed by atoms with van der Waals surface area (Å²) in [6.07, 6.45) is 2.48. The number of nitrogens with two attached hydrogens (primary N) is 1. The predicted octanol–water partition coefficient (Wildman–Crippen LogP) is 1.60. The van der Waals surface area contributed by atoms with Crippen molar-refractivity contribution in [3.8, 4) is 0 Å². The van der Waals surface area contributed by atoms with Gasteiger partial charge in [0.15, 0.2) is 0 Å². The third-order valence-corrected chi connectivity index (χ3v) is 3.63. The summed E-state index contributed by atoms with van der Waals surface area (Å²) in [6.45, 7) is 0. The van der Waals surface area contributed by atoms with Crippen LogP contribution in [0.5, 0.6) is 0 Å². The van der Waals surface area contributed by atoms with Gasteiger partial charge >= 0.3 is 0 Å². The van der Waals surface area contributed by atoms with Crippen molar-refractivity contribution in [1.29, 1.82) is 0 Å². The number of para-hydroxylation sites is 1. The summed E-state index contributed by atoms with van der Waals surface area (Å²) in [5.74, 6) is -0.663. The van der Waals surface area contributed by atoms with Gasteiger partial charge in [-0.05, 0) is 18.2 Å². The quantitative estimate of drug-likeness (QED) is 0.884. The second kappa shape index (κ2) is 4.61. The highest BCUT2D eigenvalue weighted by molar-refractivity contribution is 7.92. The van der Waals surface area contributed by atoms with E-state index in [-0.39, 0.29) is 16.3 Å². The molecule has 1 heterocycles. The molecule has 0 amide bonds. The Morgan fingerprint density at radius 3 is 2.61 bits per heavy atom. The number of nitrogen functional groups attached to an aromatic ring is 1. The monoisotopic (exact) mass is 267 g/mol. The lowest BCUT2D eigenvalue weighted by atomic mass is 10.3. The minimum atomic E-state index is -3.94. The third-order valence-electron chi connectivity index (χ3n) is 2.22. The first-order valence-electron chi connectivity index (χ1n) is 4.97. The highest BCUT2D eigenvalue weighted by Crippen LogP contribution is 2.21. The smallest absolute Gasteiger partial charge is 0.265 e. The summed E-state index contributed by atoms with van der Waals surface area (Å²) in [5, 5.41) is 0. The molecule has 7 heteroatoms. The second-order valence-electron chi connectivity index (χ2n) is 3.50. The number of aromatic nitrogens is 1. The van der Waals surface area contributed by atoms with Gasteiger partial charge in [0.05, 0.1) is 11.4 Å². The molecule has 0 aliphatic heterocycles. The zero-order valence-corrected chi connectivity index (χ0v) is 9.99. The predicted molar refractivity (Wildman–Crippen MR) is 65.9 cm³/mol. The summed E-state index contributed by atoms with van der Waals surface area (Å²) in [5.41, 5.74) is 5.46. The van der Waals surface area contributed by atoms with E-state index in [4.69, 9.17) is 5.73 Å². The van der Waals surface area contributed by atoms with Gasteiger partial charge in [-0.3, -0.25) is 9.71 Å². The van der Waals surface area contributed by atoms with Gasteiger partial charge in [-0.25, -0.2) is 12.8 Å². The summed E-state index contributed by atoms with van der Waals surface area (Å²) in [4.78, 5) is 3.50. The van der Waals surface area contributed by atoms with E-state index in [1.807, 2.05) is 0 Å². The minimum Gasteiger partial charge on any atom is -0.398 e. The van der Waals surface area contributed by atoms with Crippen molar-refractivity contribution in [3.05, 3.63) is 48.5 Å². The Morgan fingerprint density at radius 2 is 1.94 bits per heavy atom. The highest BCUT2D eigenvalue weighted by atomic mass is 32.2. The first-order chi connectivity index (χ1) is 8.50. The van der Waals surface area contributed by atoms with Crippen LogP contribution in [0, 0.1) is 5.82 Å². The minimum absolute atomic E-state index is 0.0499. The van der Waals surface area contributed by atoms with Gasteiger partial charge in [0.25, 0.3) is 10.0 Å². The number of hydrogen-bond donors (Lipinski definition) is 2. The van der Waals surface area contributed by atoms with E-state index in [1.165, 1.54) is 30.5 Å². The number of halogens is 1. The molecule has 3 N–H and O–H groups in total. The molecular weight excluding hydrogens is 257 g/mol. The molecule has 0 spiro atoms. The van der Waals surface area contributed by atoms with Crippen molar-refractivity contribution >= 4 is 21.4 Å². The Morgan fingerprint density at radius 1 is 1.22 bits per heavy atom. The maximum atomic E-state index is 13.4. The van der Waals surface area contributed by atoms with E-state index in [1.54, 1.807) is 0 Å². The van der Waals surface area contributed by atoms with Crippen LogP contribution in [0.1, 0.15) is 0 Å². The van der Waals surface area contributed by atoms with Crippen molar-refractivity contribution in [2.75, 3.05) is 10.5 Å². The molecule has 2 aromatic rings. The topological polar surface area (TPSA) is 85.1 Å². The standard InChI is InChI=1S/C11H10FN3O2S/c12-8-3-1-2-4-10(8)15-18(16,17)11-7-14-6-5-9(11)13/h1-7,15H,(H2,13,14). The lowest BCUT2D eigenvalue weighted by molar-refractivity contribution is 0.598. The van der Waals surface area contributed by atoms with E-state index in [0.29, 0.717) is 0 Å². The van der Waals surface area contributed by atoms with Crippen LogP contribution < -0.4 is 10.5 Å². The average Bonchev–Trinajstić information content (AvgIpc) is 2.32. The molecule has 0 saturated heterocycles. The molecule has 0 fully saturated rings. The summed E-state index contributed by atoms with van der Waals surface area (Å²) >= 11 is 0. The van der Waals surface area contributed by atoms with Crippen molar-refractivity contribution in [1.82, 2.24) is 4.98 Å². The maximum absolute atomic E-state index is 13.4. The molecule has 94 valence electrons. The molecule has 0 aliphatic carbocycles. The molecule has 0 aliphatic rings. The Bertz CT molecular complexity index is 673. The van der Waals surface area contributed by atoms with Gasteiger partial charge in [0.2, 0.25) is 0 Å². The van der Waals surface area contributed by atoms with E-state index in [2.05, 4.69) is 9.71 Å². The Kier molecular flexibility index (Phi) is 3.15. The number of sulfonamides is 1. The van der Waals surface area contributed by atoms with Crippen molar-refractivity contribution in [3.63, 3.8) is 0 Å². The lowest BCUT2D eigenvalue weighted by Gasteiger charge is -2.09. The Balaban J connectivity index is 2.40. The molecule has 5 nitrogen and oxygen atoms in total. The SMILES string of the molecule is Nc1ccncc1S(=O)(=O)Nc1ccccc1F. The van der Waals surface area contributed by atoms with Crippen LogP contribution >= 0.6 is 0 Å². The number of nitrogens with zero attached hydrogens (tertiary/aromatic N) is 1. The second-order valence-corrected chi connectivity index (χ2v) is 5.15. The summed E-state index contributed by atoms with van der Waals surface area (Å²) in [6, 6.07) is 6.82.